The first-order valence-electron chi connectivity index (χ1n) is 5.20. The SMILES string of the molecule is Cc1ccc(C(O)C(CN)c2cccs2)o1. The third kappa shape index (κ3) is 2.19. The minimum absolute atomic E-state index is 0.0921. The number of aliphatic hydroxyl groups excluding tert-OH is 1. The Kier molecular flexibility index (Phi) is 3.43. The van der Waals surface area contributed by atoms with Crippen molar-refractivity contribution in [3.05, 3.63) is 46.0 Å². The van der Waals surface area contributed by atoms with Crippen molar-refractivity contribution in [3.63, 3.8) is 0 Å². The van der Waals surface area contributed by atoms with Gasteiger partial charge in [0.25, 0.3) is 0 Å². The molecule has 2 heterocycles. The Bertz CT molecular complexity index is 436. The fourth-order valence-electron chi connectivity index (χ4n) is 1.71. The number of furan rings is 1. The zero-order valence-corrected chi connectivity index (χ0v) is 9.91. The number of rotatable bonds is 4. The molecule has 2 aromatic rings. The van der Waals surface area contributed by atoms with E-state index in [1.807, 2.05) is 30.5 Å². The lowest BCUT2D eigenvalue weighted by Crippen LogP contribution is -2.18. The van der Waals surface area contributed by atoms with E-state index in [1.54, 1.807) is 17.4 Å². The van der Waals surface area contributed by atoms with E-state index >= 15 is 0 Å². The molecule has 4 heteroatoms. The zero-order chi connectivity index (χ0) is 11.5. The summed E-state index contributed by atoms with van der Waals surface area (Å²) in [6.45, 7) is 2.26. The molecule has 0 aromatic carbocycles. The van der Waals surface area contributed by atoms with Crippen LogP contribution in [0.1, 0.15) is 28.4 Å². The van der Waals surface area contributed by atoms with E-state index < -0.39 is 6.10 Å². The van der Waals surface area contributed by atoms with E-state index in [9.17, 15) is 5.11 Å². The molecular weight excluding hydrogens is 222 g/mol. The predicted octanol–water partition coefficient (Wildman–Crippen LogP) is 2.43. The predicted molar refractivity (Wildman–Crippen MR) is 64.5 cm³/mol. The maximum absolute atomic E-state index is 10.2. The summed E-state index contributed by atoms with van der Waals surface area (Å²) < 4.78 is 5.43. The van der Waals surface area contributed by atoms with Crippen LogP contribution < -0.4 is 5.73 Å². The van der Waals surface area contributed by atoms with Crippen molar-refractivity contribution < 1.29 is 9.52 Å². The molecule has 0 spiro atoms. The molecule has 2 atom stereocenters. The van der Waals surface area contributed by atoms with Crippen LogP contribution >= 0.6 is 11.3 Å². The fourth-order valence-corrected chi connectivity index (χ4v) is 2.58. The van der Waals surface area contributed by atoms with Gasteiger partial charge in [0, 0.05) is 17.3 Å². The number of hydrogen-bond acceptors (Lipinski definition) is 4. The van der Waals surface area contributed by atoms with Gasteiger partial charge in [-0.3, -0.25) is 0 Å². The van der Waals surface area contributed by atoms with E-state index in [0.29, 0.717) is 12.3 Å². The fraction of sp³-hybridized carbons (Fsp3) is 0.333. The van der Waals surface area contributed by atoms with E-state index in [0.717, 1.165) is 10.6 Å². The van der Waals surface area contributed by atoms with Gasteiger partial charge in [0.1, 0.15) is 17.6 Å². The standard InChI is InChI=1S/C12H15NO2S/c1-8-4-5-10(15-8)12(14)9(7-13)11-3-2-6-16-11/h2-6,9,12,14H,7,13H2,1H3. The summed E-state index contributed by atoms with van der Waals surface area (Å²) >= 11 is 1.60. The average Bonchev–Trinajstić information content (AvgIpc) is 2.90. The van der Waals surface area contributed by atoms with Crippen molar-refractivity contribution in [1.82, 2.24) is 0 Å². The van der Waals surface area contributed by atoms with Crippen molar-refractivity contribution >= 4 is 11.3 Å². The summed E-state index contributed by atoms with van der Waals surface area (Å²) in [4.78, 5) is 1.09. The number of nitrogens with two attached hydrogens (primary N) is 1. The summed E-state index contributed by atoms with van der Waals surface area (Å²) in [6.07, 6.45) is -0.669. The molecule has 3 nitrogen and oxygen atoms in total. The summed E-state index contributed by atoms with van der Waals surface area (Å²) in [5.74, 6) is 1.29. The molecule has 0 bridgehead atoms. The minimum atomic E-state index is -0.669. The Morgan fingerprint density at radius 3 is 2.75 bits per heavy atom. The smallest absolute Gasteiger partial charge is 0.133 e. The lowest BCUT2D eigenvalue weighted by Gasteiger charge is -2.18. The Labute approximate surface area is 98.5 Å². The quantitative estimate of drug-likeness (QED) is 0.858. The van der Waals surface area contributed by atoms with Crippen LogP contribution in [0, 0.1) is 6.92 Å². The Morgan fingerprint density at radius 1 is 1.44 bits per heavy atom. The van der Waals surface area contributed by atoms with Gasteiger partial charge in [-0.1, -0.05) is 6.07 Å². The van der Waals surface area contributed by atoms with Gasteiger partial charge in [-0.2, -0.15) is 0 Å². The van der Waals surface area contributed by atoms with Crippen molar-refractivity contribution in [1.29, 1.82) is 0 Å². The third-order valence-corrected chi connectivity index (χ3v) is 3.60. The molecule has 0 radical (unpaired) electrons. The van der Waals surface area contributed by atoms with Gasteiger partial charge in [-0.05, 0) is 30.5 Å². The van der Waals surface area contributed by atoms with Crippen molar-refractivity contribution in [3.8, 4) is 0 Å². The van der Waals surface area contributed by atoms with E-state index in [-0.39, 0.29) is 5.92 Å². The molecule has 0 saturated carbocycles. The van der Waals surface area contributed by atoms with Gasteiger partial charge in [0.15, 0.2) is 0 Å². The largest absolute Gasteiger partial charge is 0.464 e. The molecule has 0 aliphatic heterocycles. The molecule has 16 heavy (non-hydrogen) atoms. The second-order valence-electron chi connectivity index (χ2n) is 3.75. The molecule has 0 saturated heterocycles. The monoisotopic (exact) mass is 237 g/mol. The molecule has 0 amide bonds. The molecule has 2 rings (SSSR count). The van der Waals surface area contributed by atoms with E-state index in [4.69, 9.17) is 10.2 Å². The van der Waals surface area contributed by atoms with Crippen LogP contribution in [0.25, 0.3) is 0 Å². The van der Waals surface area contributed by atoms with E-state index in [1.165, 1.54) is 0 Å². The summed E-state index contributed by atoms with van der Waals surface area (Å²) in [5, 5.41) is 12.2. The van der Waals surface area contributed by atoms with Gasteiger partial charge >= 0.3 is 0 Å². The summed E-state index contributed by atoms with van der Waals surface area (Å²) in [7, 11) is 0. The Morgan fingerprint density at radius 2 is 2.25 bits per heavy atom. The van der Waals surface area contributed by atoms with Crippen LogP contribution in [0.2, 0.25) is 0 Å². The normalized spacial score (nSPS) is 14.9. The van der Waals surface area contributed by atoms with Crippen LogP contribution in [-0.2, 0) is 0 Å². The zero-order valence-electron chi connectivity index (χ0n) is 9.09. The van der Waals surface area contributed by atoms with Crippen LogP contribution in [0.4, 0.5) is 0 Å². The maximum Gasteiger partial charge on any atom is 0.133 e. The molecule has 0 aliphatic rings. The lowest BCUT2D eigenvalue weighted by atomic mass is 9.99. The van der Waals surface area contributed by atoms with Crippen LogP contribution in [0.15, 0.2) is 34.1 Å². The first kappa shape index (κ1) is 11.4. The summed E-state index contributed by atoms with van der Waals surface area (Å²) in [6, 6.07) is 7.60. The van der Waals surface area contributed by atoms with Gasteiger partial charge in [0.05, 0.1) is 0 Å². The molecule has 2 aromatic heterocycles. The highest BCUT2D eigenvalue weighted by Crippen LogP contribution is 2.33. The van der Waals surface area contributed by atoms with Crippen molar-refractivity contribution in [2.75, 3.05) is 6.54 Å². The number of aryl methyl sites for hydroxylation is 1. The number of hydrogen-bond donors (Lipinski definition) is 2. The van der Waals surface area contributed by atoms with E-state index in [2.05, 4.69) is 0 Å². The van der Waals surface area contributed by atoms with Crippen molar-refractivity contribution in [2.45, 2.75) is 18.9 Å². The van der Waals surface area contributed by atoms with Crippen LogP contribution in [0.5, 0.6) is 0 Å². The number of thiophene rings is 1. The van der Waals surface area contributed by atoms with Gasteiger partial charge < -0.3 is 15.3 Å². The highest BCUT2D eigenvalue weighted by atomic mass is 32.1. The third-order valence-electron chi connectivity index (χ3n) is 2.60. The van der Waals surface area contributed by atoms with Gasteiger partial charge in [-0.15, -0.1) is 11.3 Å². The molecule has 86 valence electrons. The van der Waals surface area contributed by atoms with Gasteiger partial charge in [0.2, 0.25) is 0 Å². The summed E-state index contributed by atoms with van der Waals surface area (Å²) in [5.41, 5.74) is 5.71. The van der Waals surface area contributed by atoms with Crippen LogP contribution in [-0.4, -0.2) is 11.7 Å². The minimum Gasteiger partial charge on any atom is -0.464 e. The molecular formula is C12H15NO2S. The average molecular weight is 237 g/mol. The highest BCUT2D eigenvalue weighted by molar-refractivity contribution is 7.10. The molecule has 0 aliphatic carbocycles. The molecule has 3 N–H and O–H groups in total. The first-order valence-corrected chi connectivity index (χ1v) is 6.08. The highest BCUT2D eigenvalue weighted by Gasteiger charge is 2.24. The number of aliphatic hydroxyl groups is 1. The second kappa shape index (κ2) is 4.82. The molecule has 0 fully saturated rings. The lowest BCUT2D eigenvalue weighted by molar-refractivity contribution is 0.122. The topological polar surface area (TPSA) is 59.4 Å². The van der Waals surface area contributed by atoms with Gasteiger partial charge in [-0.25, -0.2) is 0 Å². The second-order valence-corrected chi connectivity index (χ2v) is 4.73. The Hall–Kier alpha value is -1.10. The van der Waals surface area contributed by atoms with Crippen LogP contribution in [0.3, 0.4) is 0 Å². The van der Waals surface area contributed by atoms with Crippen molar-refractivity contribution in [2.24, 2.45) is 5.73 Å². The first-order chi connectivity index (χ1) is 7.72. The Balaban J connectivity index is 2.22. The molecule has 2 unspecified atom stereocenters. The maximum atomic E-state index is 10.2.